The van der Waals surface area contributed by atoms with Gasteiger partial charge in [-0.25, -0.2) is 0 Å². The molecule has 1 saturated carbocycles. The lowest BCUT2D eigenvalue weighted by molar-refractivity contribution is 0.402. The molecule has 0 saturated heterocycles. The highest BCUT2D eigenvalue weighted by Crippen LogP contribution is 2.41. The number of nitrogens with one attached hydrogen (secondary N) is 3. The first-order chi connectivity index (χ1) is 15.2. The highest BCUT2D eigenvalue weighted by Gasteiger charge is 2.35. The second kappa shape index (κ2) is 9.17. The van der Waals surface area contributed by atoms with Crippen molar-refractivity contribution >= 4 is 46.2 Å². The molecule has 0 spiro atoms. The number of aromatic nitrogens is 2. The van der Waals surface area contributed by atoms with Gasteiger partial charge in [0.05, 0.1) is 0 Å². The molecule has 2 heterocycles. The van der Waals surface area contributed by atoms with Gasteiger partial charge < -0.3 is 22.1 Å². The van der Waals surface area contributed by atoms with Crippen LogP contribution >= 0.6 is 11.6 Å². The average molecular weight is 460 g/mol. The molecule has 1 aromatic carbocycles. The molecule has 2 aliphatic rings. The molecule has 174 valence electrons. The third kappa shape index (κ3) is 4.65. The minimum absolute atomic E-state index is 0.0937. The summed E-state index contributed by atoms with van der Waals surface area (Å²) in [5.41, 5.74) is 18.1. The number of hydrogen-bond donors (Lipinski definition) is 5. The zero-order valence-electron chi connectivity index (χ0n) is 19.2. The molecule has 0 bridgehead atoms. The van der Waals surface area contributed by atoms with E-state index in [2.05, 4.69) is 53.9 Å². The molecule has 7 N–H and O–H groups in total. The highest BCUT2D eigenvalue weighted by atomic mass is 35.5. The fourth-order valence-electron chi connectivity index (χ4n) is 4.26. The van der Waals surface area contributed by atoms with E-state index in [1.165, 1.54) is 6.42 Å². The maximum Gasteiger partial charge on any atom is 0.227 e. The van der Waals surface area contributed by atoms with Gasteiger partial charge in [-0.2, -0.15) is 9.97 Å². The topological polar surface area (TPSA) is 120 Å². The van der Waals surface area contributed by atoms with E-state index in [0.717, 1.165) is 36.5 Å². The van der Waals surface area contributed by atoms with E-state index >= 15 is 0 Å². The second-order valence-corrected chi connectivity index (χ2v) is 9.63. The number of nitrogen functional groups attached to an aromatic ring is 1. The summed E-state index contributed by atoms with van der Waals surface area (Å²) in [4.78, 5) is 9.78. The van der Waals surface area contributed by atoms with Crippen LogP contribution in [0.4, 0.5) is 34.6 Å². The normalized spacial score (nSPS) is 20.8. The first-order valence-electron chi connectivity index (χ1n) is 11.3. The minimum Gasteiger partial charge on any atom is -0.399 e. The Balaban J connectivity index is 1.78. The number of hydrazine groups is 2. The van der Waals surface area contributed by atoms with Gasteiger partial charge in [-0.15, -0.1) is 5.53 Å². The number of halogens is 1. The molecular formula is C22H34ClN9. The van der Waals surface area contributed by atoms with Crippen molar-refractivity contribution in [2.24, 2.45) is 5.73 Å². The van der Waals surface area contributed by atoms with Crippen LogP contribution in [0.25, 0.3) is 0 Å². The van der Waals surface area contributed by atoms with Crippen molar-refractivity contribution in [3.05, 3.63) is 23.2 Å². The number of hydrogen-bond acceptors (Lipinski definition) is 9. The van der Waals surface area contributed by atoms with Crippen LogP contribution in [0.2, 0.25) is 5.02 Å². The first kappa shape index (κ1) is 22.7. The number of nitrogens with two attached hydrogens (primary N) is 2. The highest BCUT2D eigenvalue weighted by molar-refractivity contribution is 6.31. The van der Waals surface area contributed by atoms with E-state index in [4.69, 9.17) is 33.0 Å². The summed E-state index contributed by atoms with van der Waals surface area (Å²) in [6.07, 6.45) is 4.35. The molecule has 1 aliphatic carbocycles. The van der Waals surface area contributed by atoms with Crippen LogP contribution in [0, 0.1) is 0 Å². The van der Waals surface area contributed by atoms with E-state index in [0.29, 0.717) is 22.5 Å². The first-order valence-corrected chi connectivity index (χ1v) is 11.7. The van der Waals surface area contributed by atoms with Crippen molar-refractivity contribution in [3.63, 3.8) is 0 Å². The lowest BCUT2D eigenvalue weighted by Gasteiger charge is -2.29. The fraction of sp³-hybridized carbons (Fsp3) is 0.545. The molecule has 2 aromatic rings. The molecule has 2 atom stereocenters. The van der Waals surface area contributed by atoms with Crippen LogP contribution in [-0.2, 0) is 0 Å². The largest absolute Gasteiger partial charge is 0.399 e. The van der Waals surface area contributed by atoms with Gasteiger partial charge in [0.1, 0.15) is 5.69 Å². The third-order valence-corrected chi connectivity index (χ3v) is 6.12. The van der Waals surface area contributed by atoms with Crippen LogP contribution in [0.15, 0.2) is 18.2 Å². The van der Waals surface area contributed by atoms with Gasteiger partial charge in [-0.1, -0.05) is 24.4 Å². The van der Waals surface area contributed by atoms with Crippen LogP contribution in [0.5, 0.6) is 0 Å². The molecule has 2 unspecified atom stereocenters. The second-order valence-electron chi connectivity index (χ2n) is 9.19. The van der Waals surface area contributed by atoms with Crippen molar-refractivity contribution < 1.29 is 0 Å². The van der Waals surface area contributed by atoms with Crippen LogP contribution < -0.4 is 37.7 Å². The summed E-state index contributed by atoms with van der Waals surface area (Å²) in [6, 6.07) is 6.00. The SMILES string of the molecule is CC(C)N1NN(C(C)C)c2c(Nc3cc(N)cc(Cl)c3)nc(NC3CCCCC3N)nc21. The third-order valence-electron chi connectivity index (χ3n) is 5.90. The van der Waals surface area contributed by atoms with Gasteiger partial charge in [0, 0.05) is 40.6 Å². The van der Waals surface area contributed by atoms with Gasteiger partial charge in [0.25, 0.3) is 0 Å². The monoisotopic (exact) mass is 459 g/mol. The standard InChI is InChI=1S/C22H34ClN9/c1-12(2)31-19-20(26-16-10-14(23)9-15(24)11-16)28-22(27-18-8-6-5-7-17(18)25)29-21(19)32(30-31)13(3)4/h9-13,17-18,30H,5-8,24-25H2,1-4H3,(H2,26,27,28,29). The van der Waals surface area contributed by atoms with E-state index in [1.54, 1.807) is 6.07 Å². The Morgan fingerprint density at radius 3 is 2.44 bits per heavy atom. The summed E-state index contributed by atoms with van der Waals surface area (Å²) in [7, 11) is 0. The Labute approximate surface area is 194 Å². The maximum atomic E-state index is 6.38. The minimum atomic E-state index is 0.0937. The van der Waals surface area contributed by atoms with Crippen molar-refractivity contribution in [2.45, 2.75) is 77.5 Å². The lowest BCUT2D eigenvalue weighted by atomic mass is 9.91. The van der Waals surface area contributed by atoms with Crippen molar-refractivity contribution in [3.8, 4) is 0 Å². The Morgan fingerprint density at radius 1 is 1.06 bits per heavy atom. The molecule has 0 amide bonds. The molecule has 9 nitrogen and oxygen atoms in total. The van der Waals surface area contributed by atoms with Crippen LogP contribution in [0.1, 0.15) is 53.4 Å². The van der Waals surface area contributed by atoms with Crippen LogP contribution in [-0.4, -0.2) is 34.1 Å². The molecule has 4 rings (SSSR count). The zero-order valence-corrected chi connectivity index (χ0v) is 19.9. The van der Waals surface area contributed by atoms with Gasteiger partial charge in [0.15, 0.2) is 11.6 Å². The average Bonchev–Trinajstić information content (AvgIpc) is 3.09. The number of benzene rings is 1. The van der Waals surface area contributed by atoms with E-state index in [1.807, 2.05) is 12.1 Å². The summed E-state index contributed by atoms with van der Waals surface area (Å²) in [5, 5.41) is 11.6. The van der Waals surface area contributed by atoms with E-state index < -0.39 is 0 Å². The molecule has 1 fully saturated rings. The predicted molar refractivity (Wildman–Crippen MR) is 133 cm³/mol. The number of rotatable bonds is 6. The molecule has 0 radical (unpaired) electrons. The Kier molecular flexibility index (Phi) is 6.50. The lowest BCUT2D eigenvalue weighted by Crippen LogP contribution is -2.50. The van der Waals surface area contributed by atoms with Crippen molar-refractivity contribution in [2.75, 3.05) is 26.4 Å². The predicted octanol–water partition coefficient (Wildman–Crippen LogP) is 4.00. The summed E-state index contributed by atoms with van der Waals surface area (Å²) < 4.78 is 0. The summed E-state index contributed by atoms with van der Waals surface area (Å²) >= 11 is 6.24. The van der Waals surface area contributed by atoms with Gasteiger partial charge in [-0.05, 0) is 58.7 Å². The molecular weight excluding hydrogens is 426 g/mol. The number of fused-ring (bicyclic) bond motifs is 1. The van der Waals surface area contributed by atoms with E-state index in [-0.39, 0.29) is 24.2 Å². The molecule has 32 heavy (non-hydrogen) atoms. The van der Waals surface area contributed by atoms with E-state index in [9.17, 15) is 0 Å². The summed E-state index contributed by atoms with van der Waals surface area (Å²) in [5.74, 6) is 2.04. The van der Waals surface area contributed by atoms with Crippen molar-refractivity contribution in [1.29, 1.82) is 0 Å². The summed E-state index contributed by atoms with van der Waals surface area (Å²) in [6.45, 7) is 8.49. The van der Waals surface area contributed by atoms with Gasteiger partial charge >= 0.3 is 0 Å². The quantitative estimate of drug-likeness (QED) is 0.408. The maximum absolute atomic E-state index is 6.38. The van der Waals surface area contributed by atoms with Gasteiger partial charge in [-0.3, -0.25) is 10.0 Å². The molecule has 1 aliphatic heterocycles. The Hall–Kier alpha value is -2.49. The Morgan fingerprint density at radius 2 is 1.78 bits per heavy atom. The molecule has 10 heteroatoms. The molecule has 1 aromatic heterocycles. The van der Waals surface area contributed by atoms with Gasteiger partial charge in [0.2, 0.25) is 5.95 Å². The Bertz CT molecular complexity index is 944. The van der Waals surface area contributed by atoms with Crippen molar-refractivity contribution in [1.82, 2.24) is 15.5 Å². The number of anilines is 6. The van der Waals surface area contributed by atoms with Crippen LogP contribution in [0.3, 0.4) is 0 Å². The number of nitrogens with zero attached hydrogens (tertiary/aromatic N) is 4. The smallest absolute Gasteiger partial charge is 0.227 e. The fourth-order valence-corrected chi connectivity index (χ4v) is 4.50. The zero-order chi connectivity index (χ0) is 23.0.